The van der Waals surface area contributed by atoms with Crippen LogP contribution in [-0.4, -0.2) is 11.1 Å². The molecule has 2 rings (SSSR count). The van der Waals surface area contributed by atoms with Crippen LogP contribution in [0.25, 0.3) is 0 Å². The Morgan fingerprint density at radius 2 is 1.95 bits per heavy atom. The van der Waals surface area contributed by atoms with Gasteiger partial charge in [0.1, 0.15) is 5.75 Å². The van der Waals surface area contributed by atoms with Crippen LogP contribution >= 0.6 is 11.3 Å². The fraction of sp³-hybridized carbons (Fsp3) is 0.412. The third kappa shape index (κ3) is 4.36. The largest absolute Gasteiger partial charge is 0.508 e. The molecular formula is C17H23NOS. The van der Waals surface area contributed by atoms with Crippen LogP contribution in [0.15, 0.2) is 41.8 Å². The van der Waals surface area contributed by atoms with Gasteiger partial charge in [0, 0.05) is 17.0 Å². The molecule has 108 valence electrons. The Kier molecular flexibility index (Phi) is 5.62. The zero-order valence-electron chi connectivity index (χ0n) is 12.2. The maximum atomic E-state index is 9.32. The van der Waals surface area contributed by atoms with E-state index in [9.17, 15) is 5.11 Å². The Balaban J connectivity index is 1.94. The molecule has 0 spiro atoms. The van der Waals surface area contributed by atoms with Gasteiger partial charge in [0.15, 0.2) is 0 Å². The smallest absolute Gasteiger partial charge is 0.115 e. The molecule has 0 saturated heterocycles. The molecule has 1 aromatic carbocycles. The van der Waals surface area contributed by atoms with Crippen LogP contribution in [-0.2, 0) is 6.42 Å². The summed E-state index contributed by atoms with van der Waals surface area (Å²) >= 11 is 1.83. The predicted octanol–water partition coefficient (Wildman–Crippen LogP) is 4.52. The molecule has 0 saturated carbocycles. The minimum absolute atomic E-state index is 0.330. The van der Waals surface area contributed by atoms with Crippen LogP contribution in [0.3, 0.4) is 0 Å². The van der Waals surface area contributed by atoms with E-state index in [4.69, 9.17) is 0 Å². The zero-order chi connectivity index (χ0) is 14.4. The van der Waals surface area contributed by atoms with Gasteiger partial charge >= 0.3 is 0 Å². The van der Waals surface area contributed by atoms with Gasteiger partial charge in [-0.25, -0.2) is 0 Å². The Hall–Kier alpha value is -1.32. The minimum Gasteiger partial charge on any atom is -0.508 e. The molecular weight excluding hydrogens is 266 g/mol. The monoisotopic (exact) mass is 289 g/mol. The van der Waals surface area contributed by atoms with Crippen molar-refractivity contribution in [3.63, 3.8) is 0 Å². The molecule has 0 aliphatic heterocycles. The molecule has 0 bridgehead atoms. The summed E-state index contributed by atoms with van der Waals surface area (Å²) in [6.45, 7) is 4.45. The van der Waals surface area contributed by atoms with Gasteiger partial charge in [-0.2, -0.15) is 0 Å². The zero-order valence-corrected chi connectivity index (χ0v) is 13.0. The van der Waals surface area contributed by atoms with Crippen molar-refractivity contribution in [2.75, 3.05) is 0 Å². The molecule has 2 unspecified atom stereocenters. The lowest BCUT2D eigenvalue weighted by Gasteiger charge is -2.22. The van der Waals surface area contributed by atoms with Crippen molar-refractivity contribution in [1.29, 1.82) is 0 Å². The van der Waals surface area contributed by atoms with E-state index in [0.717, 1.165) is 6.42 Å². The molecule has 1 aromatic heterocycles. The van der Waals surface area contributed by atoms with Gasteiger partial charge in [0.25, 0.3) is 0 Å². The van der Waals surface area contributed by atoms with Crippen LogP contribution in [0.4, 0.5) is 0 Å². The highest BCUT2D eigenvalue weighted by atomic mass is 32.1. The lowest BCUT2D eigenvalue weighted by atomic mass is 10.0. The summed E-state index contributed by atoms with van der Waals surface area (Å²) in [6.07, 6.45) is 3.33. The summed E-state index contributed by atoms with van der Waals surface area (Å²) < 4.78 is 0. The SMILES string of the molecule is CCCC(NC(C)Cc1ccc(O)cc1)c1cccs1. The van der Waals surface area contributed by atoms with Gasteiger partial charge in [0.05, 0.1) is 0 Å². The van der Waals surface area contributed by atoms with E-state index in [1.807, 2.05) is 23.5 Å². The maximum absolute atomic E-state index is 9.32. The topological polar surface area (TPSA) is 32.3 Å². The molecule has 0 fully saturated rings. The summed E-state index contributed by atoms with van der Waals surface area (Å²) in [6, 6.07) is 12.7. The predicted molar refractivity (Wildman–Crippen MR) is 86.4 cm³/mol. The number of aromatic hydroxyl groups is 1. The number of benzene rings is 1. The van der Waals surface area contributed by atoms with Crippen molar-refractivity contribution in [1.82, 2.24) is 5.32 Å². The second-order valence-electron chi connectivity index (χ2n) is 5.29. The fourth-order valence-corrected chi connectivity index (χ4v) is 3.30. The number of hydrogen-bond donors (Lipinski definition) is 2. The summed E-state index contributed by atoms with van der Waals surface area (Å²) in [5, 5.41) is 15.2. The number of phenolic OH excluding ortho intramolecular Hbond substituents is 1. The van der Waals surface area contributed by atoms with Crippen LogP contribution in [0, 0.1) is 0 Å². The van der Waals surface area contributed by atoms with E-state index in [0.29, 0.717) is 17.8 Å². The lowest BCUT2D eigenvalue weighted by molar-refractivity contribution is 0.433. The van der Waals surface area contributed by atoms with E-state index >= 15 is 0 Å². The molecule has 3 heteroatoms. The van der Waals surface area contributed by atoms with E-state index in [1.165, 1.54) is 23.3 Å². The van der Waals surface area contributed by atoms with Crippen molar-refractivity contribution < 1.29 is 5.11 Å². The first-order valence-corrected chi connectivity index (χ1v) is 8.14. The number of hydrogen-bond acceptors (Lipinski definition) is 3. The van der Waals surface area contributed by atoms with Gasteiger partial charge in [-0.1, -0.05) is 31.5 Å². The standard InChI is InChI=1S/C17H23NOS/c1-3-5-16(17-6-4-11-20-17)18-13(2)12-14-7-9-15(19)10-8-14/h4,6-11,13,16,18-19H,3,5,12H2,1-2H3. The number of nitrogens with one attached hydrogen (secondary N) is 1. The fourth-order valence-electron chi connectivity index (χ4n) is 2.47. The van der Waals surface area contributed by atoms with Gasteiger partial charge < -0.3 is 10.4 Å². The first-order chi connectivity index (χ1) is 9.69. The molecule has 2 aromatic rings. The molecule has 0 radical (unpaired) electrons. The first-order valence-electron chi connectivity index (χ1n) is 7.26. The van der Waals surface area contributed by atoms with Crippen LogP contribution in [0.5, 0.6) is 5.75 Å². The summed E-state index contributed by atoms with van der Waals surface area (Å²) in [5.74, 6) is 0.330. The Morgan fingerprint density at radius 3 is 2.55 bits per heavy atom. The molecule has 1 heterocycles. The van der Waals surface area contributed by atoms with Crippen molar-refractivity contribution in [2.45, 2.75) is 45.2 Å². The minimum atomic E-state index is 0.330. The number of rotatable bonds is 7. The average molecular weight is 289 g/mol. The molecule has 0 aliphatic rings. The highest BCUT2D eigenvalue weighted by Gasteiger charge is 2.14. The quantitative estimate of drug-likeness (QED) is 0.785. The molecule has 2 atom stereocenters. The molecule has 2 N–H and O–H groups in total. The molecule has 2 nitrogen and oxygen atoms in total. The Labute approximate surface area is 125 Å². The van der Waals surface area contributed by atoms with Crippen LogP contribution in [0.2, 0.25) is 0 Å². The van der Waals surface area contributed by atoms with E-state index < -0.39 is 0 Å². The summed E-state index contributed by atoms with van der Waals surface area (Å²) in [4.78, 5) is 1.42. The summed E-state index contributed by atoms with van der Waals surface area (Å²) in [7, 11) is 0. The van der Waals surface area contributed by atoms with E-state index in [-0.39, 0.29) is 0 Å². The van der Waals surface area contributed by atoms with E-state index in [1.54, 1.807) is 12.1 Å². The normalized spacial score (nSPS) is 14.1. The lowest BCUT2D eigenvalue weighted by Crippen LogP contribution is -2.31. The Morgan fingerprint density at radius 1 is 1.20 bits per heavy atom. The highest BCUT2D eigenvalue weighted by Crippen LogP contribution is 2.24. The molecule has 0 amide bonds. The van der Waals surface area contributed by atoms with Crippen molar-refractivity contribution >= 4 is 11.3 Å². The average Bonchev–Trinajstić information content (AvgIpc) is 2.95. The molecule has 0 aliphatic carbocycles. The number of thiophene rings is 1. The van der Waals surface area contributed by atoms with Gasteiger partial charge in [-0.05, 0) is 48.9 Å². The highest BCUT2D eigenvalue weighted by molar-refractivity contribution is 7.10. The third-order valence-corrected chi connectivity index (χ3v) is 4.41. The first kappa shape index (κ1) is 15.1. The molecule has 20 heavy (non-hydrogen) atoms. The van der Waals surface area contributed by atoms with Crippen LogP contribution in [0.1, 0.15) is 43.2 Å². The second kappa shape index (κ2) is 7.46. The maximum Gasteiger partial charge on any atom is 0.115 e. The van der Waals surface area contributed by atoms with Crippen molar-refractivity contribution in [3.8, 4) is 5.75 Å². The third-order valence-electron chi connectivity index (χ3n) is 3.43. The van der Waals surface area contributed by atoms with Crippen LogP contribution < -0.4 is 5.32 Å². The van der Waals surface area contributed by atoms with E-state index in [2.05, 4.69) is 36.7 Å². The van der Waals surface area contributed by atoms with Crippen molar-refractivity contribution in [3.05, 3.63) is 52.2 Å². The number of phenols is 1. The van der Waals surface area contributed by atoms with Crippen molar-refractivity contribution in [2.24, 2.45) is 0 Å². The van der Waals surface area contributed by atoms with Gasteiger partial charge in [-0.15, -0.1) is 11.3 Å². The Bertz CT molecular complexity index is 492. The summed E-state index contributed by atoms with van der Waals surface area (Å²) in [5.41, 5.74) is 1.25. The van der Waals surface area contributed by atoms with Gasteiger partial charge in [0.2, 0.25) is 0 Å². The van der Waals surface area contributed by atoms with Gasteiger partial charge in [-0.3, -0.25) is 0 Å². The second-order valence-corrected chi connectivity index (χ2v) is 6.27.